The Morgan fingerprint density at radius 1 is 1.22 bits per heavy atom. The first-order valence-electron chi connectivity index (χ1n) is 6.00. The monoisotopic (exact) mass is 281 g/mol. The van der Waals surface area contributed by atoms with Gasteiger partial charge in [-0.25, -0.2) is 0 Å². The summed E-state index contributed by atoms with van der Waals surface area (Å²) in [6.45, 7) is 9.08. The summed E-state index contributed by atoms with van der Waals surface area (Å²) < 4.78 is 27.4. The van der Waals surface area contributed by atoms with Crippen molar-refractivity contribution in [3.63, 3.8) is 0 Å². The first-order chi connectivity index (χ1) is 8.13. The van der Waals surface area contributed by atoms with Gasteiger partial charge in [-0.2, -0.15) is 0 Å². The largest absolute Gasteiger partial charge is 0.459 e. The van der Waals surface area contributed by atoms with Gasteiger partial charge in [-0.3, -0.25) is 9.36 Å². The van der Waals surface area contributed by atoms with Crippen molar-refractivity contribution < 1.29 is 23.1 Å². The number of carbonyl (C=O) groups excluding carboxylic acids is 1. The van der Waals surface area contributed by atoms with E-state index >= 15 is 0 Å². The number of rotatable bonds is 7. The summed E-state index contributed by atoms with van der Waals surface area (Å²) >= 11 is 0. The van der Waals surface area contributed by atoms with E-state index in [2.05, 4.69) is 0 Å². The highest BCUT2D eigenvalue weighted by atomic mass is 31.2. The SMILES string of the molecule is CCOP(=O)(CC(N)C(=O)OC(C)(C)C)OCC. The molecule has 0 aromatic heterocycles. The number of hydrogen-bond acceptors (Lipinski definition) is 6. The summed E-state index contributed by atoms with van der Waals surface area (Å²) in [6.07, 6.45) is -0.177. The molecule has 0 spiro atoms. The van der Waals surface area contributed by atoms with E-state index in [4.69, 9.17) is 19.5 Å². The van der Waals surface area contributed by atoms with Crippen molar-refractivity contribution in [2.75, 3.05) is 19.4 Å². The summed E-state index contributed by atoms with van der Waals surface area (Å²) in [5.74, 6) is -0.609. The summed E-state index contributed by atoms with van der Waals surface area (Å²) in [5.41, 5.74) is 5.04. The maximum absolute atomic E-state index is 12.2. The molecule has 0 aromatic rings. The van der Waals surface area contributed by atoms with E-state index < -0.39 is 25.2 Å². The van der Waals surface area contributed by atoms with Crippen LogP contribution < -0.4 is 5.73 Å². The second-order valence-electron chi connectivity index (χ2n) is 4.77. The molecule has 6 nitrogen and oxygen atoms in total. The molecule has 0 heterocycles. The van der Waals surface area contributed by atoms with Gasteiger partial charge in [0.2, 0.25) is 0 Å². The van der Waals surface area contributed by atoms with Crippen LogP contribution in [0, 0.1) is 0 Å². The molecule has 108 valence electrons. The summed E-state index contributed by atoms with van der Waals surface area (Å²) in [6, 6.07) is -1.02. The van der Waals surface area contributed by atoms with E-state index in [1.165, 1.54) is 0 Å². The maximum atomic E-state index is 12.2. The van der Waals surface area contributed by atoms with Crippen LogP contribution in [0.25, 0.3) is 0 Å². The number of hydrogen-bond donors (Lipinski definition) is 1. The van der Waals surface area contributed by atoms with Crippen LogP contribution in [0.2, 0.25) is 0 Å². The average molecular weight is 281 g/mol. The molecule has 1 unspecified atom stereocenters. The van der Waals surface area contributed by atoms with E-state index in [-0.39, 0.29) is 19.4 Å². The van der Waals surface area contributed by atoms with Crippen LogP contribution in [0.3, 0.4) is 0 Å². The molecule has 0 rings (SSSR count). The van der Waals surface area contributed by atoms with Crippen molar-refractivity contribution in [2.24, 2.45) is 5.73 Å². The third kappa shape index (κ3) is 7.11. The van der Waals surface area contributed by atoms with E-state index in [0.717, 1.165) is 0 Å². The molecule has 2 N–H and O–H groups in total. The maximum Gasteiger partial charge on any atom is 0.332 e. The average Bonchev–Trinajstić information content (AvgIpc) is 2.14. The zero-order valence-corrected chi connectivity index (χ0v) is 12.7. The fraction of sp³-hybridized carbons (Fsp3) is 0.909. The predicted molar refractivity (Wildman–Crippen MR) is 69.5 cm³/mol. The van der Waals surface area contributed by atoms with E-state index in [0.29, 0.717) is 0 Å². The molecule has 0 saturated heterocycles. The van der Waals surface area contributed by atoms with Crippen molar-refractivity contribution in [1.29, 1.82) is 0 Å². The number of ether oxygens (including phenoxy) is 1. The van der Waals surface area contributed by atoms with E-state index in [1.54, 1.807) is 34.6 Å². The van der Waals surface area contributed by atoms with Crippen molar-refractivity contribution in [3.05, 3.63) is 0 Å². The van der Waals surface area contributed by atoms with Crippen molar-refractivity contribution in [3.8, 4) is 0 Å². The van der Waals surface area contributed by atoms with Gasteiger partial charge in [-0.15, -0.1) is 0 Å². The van der Waals surface area contributed by atoms with Gasteiger partial charge in [0.25, 0.3) is 0 Å². The van der Waals surface area contributed by atoms with Gasteiger partial charge in [-0.05, 0) is 34.6 Å². The van der Waals surface area contributed by atoms with Gasteiger partial charge in [0.05, 0.1) is 19.4 Å². The summed E-state index contributed by atoms with van der Waals surface area (Å²) in [5, 5.41) is 0. The zero-order valence-electron chi connectivity index (χ0n) is 11.8. The minimum absolute atomic E-state index is 0.177. The van der Waals surface area contributed by atoms with Crippen LogP contribution in [-0.4, -0.2) is 37.0 Å². The topological polar surface area (TPSA) is 87.9 Å². The summed E-state index contributed by atoms with van der Waals surface area (Å²) in [7, 11) is -3.32. The van der Waals surface area contributed by atoms with Crippen LogP contribution >= 0.6 is 7.60 Å². The van der Waals surface area contributed by atoms with Gasteiger partial charge in [-0.1, -0.05) is 0 Å². The first kappa shape index (κ1) is 17.6. The Morgan fingerprint density at radius 2 is 1.67 bits per heavy atom. The lowest BCUT2D eigenvalue weighted by molar-refractivity contribution is -0.155. The minimum Gasteiger partial charge on any atom is -0.459 e. The van der Waals surface area contributed by atoms with Crippen LogP contribution in [0.4, 0.5) is 0 Å². The minimum atomic E-state index is -3.32. The van der Waals surface area contributed by atoms with Crippen LogP contribution in [0.15, 0.2) is 0 Å². The Kier molecular flexibility index (Phi) is 7.07. The molecule has 1 atom stereocenters. The molecule has 0 fully saturated rings. The van der Waals surface area contributed by atoms with Gasteiger partial charge in [0.15, 0.2) is 0 Å². The molecule has 0 saturated carbocycles. The smallest absolute Gasteiger partial charge is 0.332 e. The lowest BCUT2D eigenvalue weighted by Crippen LogP contribution is -2.40. The van der Waals surface area contributed by atoms with E-state index in [1.807, 2.05) is 0 Å². The highest BCUT2D eigenvalue weighted by Crippen LogP contribution is 2.48. The Balaban J connectivity index is 4.55. The molecule has 0 aromatic carbocycles. The van der Waals surface area contributed by atoms with Gasteiger partial charge in [0, 0.05) is 0 Å². The predicted octanol–water partition coefficient (Wildman–Crippen LogP) is 1.92. The number of nitrogens with two attached hydrogens (primary N) is 1. The highest BCUT2D eigenvalue weighted by molar-refractivity contribution is 7.53. The molecule has 0 bridgehead atoms. The molecule has 18 heavy (non-hydrogen) atoms. The quantitative estimate of drug-likeness (QED) is 0.566. The first-order valence-corrected chi connectivity index (χ1v) is 7.73. The van der Waals surface area contributed by atoms with Gasteiger partial charge >= 0.3 is 13.6 Å². The van der Waals surface area contributed by atoms with Crippen molar-refractivity contribution in [1.82, 2.24) is 0 Å². The molecule has 0 amide bonds. The molecule has 0 aliphatic carbocycles. The summed E-state index contributed by atoms with van der Waals surface area (Å²) in [4.78, 5) is 11.7. The lowest BCUT2D eigenvalue weighted by Gasteiger charge is -2.24. The van der Waals surface area contributed by atoms with Crippen LogP contribution in [0.1, 0.15) is 34.6 Å². The van der Waals surface area contributed by atoms with Crippen LogP contribution in [-0.2, 0) is 23.1 Å². The number of esters is 1. The van der Waals surface area contributed by atoms with Gasteiger partial charge in [0.1, 0.15) is 11.6 Å². The molecule has 0 aliphatic heterocycles. The van der Waals surface area contributed by atoms with E-state index in [9.17, 15) is 9.36 Å². The Labute approximate surface area is 109 Å². The third-order valence-electron chi connectivity index (χ3n) is 1.78. The molecule has 7 heteroatoms. The number of carbonyl (C=O) groups is 1. The fourth-order valence-corrected chi connectivity index (χ4v) is 2.93. The molecular weight excluding hydrogens is 257 g/mol. The Morgan fingerprint density at radius 3 is 2.00 bits per heavy atom. The normalized spacial score (nSPS) is 14.3. The van der Waals surface area contributed by atoms with Crippen LogP contribution in [0.5, 0.6) is 0 Å². The lowest BCUT2D eigenvalue weighted by atomic mass is 10.2. The second kappa shape index (κ2) is 7.24. The third-order valence-corrected chi connectivity index (χ3v) is 3.93. The van der Waals surface area contributed by atoms with Crippen molar-refractivity contribution in [2.45, 2.75) is 46.3 Å². The molecule has 0 aliphatic rings. The molecular formula is C11H24NO5P. The zero-order chi connectivity index (χ0) is 14.4. The molecule has 0 radical (unpaired) electrons. The second-order valence-corrected chi connectivity index (χ2v) is 6.87. The standard InChI is InChI=1S/C11H24NO5P/c1-6-15-18(14,16-7-2)8-9(12)10(13)17-11(3,4)5/h9H,6-8,12H2,1-5H3. The van der Waals surface area contributed by atoms with Gasteiger partial charge < -0.3 is 19.5 Å². The fourth-order valence-electron chi connectivity index (χ4n) is 1.23. The highest BCUT2D eigenvalue weighted by Gasteiger charge is 2.32. The Bertz CT molecular complexity index is 303. The Hall–Kier alpha value is -0.420. The van der Waals surface area contributed by atoms with Crippen molar-refractivity contribution >= 4 is 13.6 Å².